The number of benzene rings is 2. The maximum atomic E-state index is 13.5. The van der Waals surface area contributed by atoms with E-state index in [0.29, 0.717) is 0 Å². The van der Waals surface area contributed by atoms with Crippen molar-refractivity contribution in [3.63, 3.8) is 0 Å². The topological polar surface area (TPSA) is 44.4 Å². The van der Waals surface area contributed by atoms with E-state index in [0.717, 1.165) is 43.7 Å². The Labute approximate surface area is 178 Å². The SMILES string of the molecule is CSNc1ccc(C2(C(=O)N[C@H](CN3CCCC3)c3ccccc3)CC2)cc1C. The predicted molar refractivity (Wildman–Crippen MR) is 122 cm³/mol. The van der Waals surface area contributed by atoms with Crippen molar-refractivity contribution in [2.45, 2.75) is 44.1 Å². The van der Waals surface area contributed by atoms with Gasteiger partial charge < -0.3 is 14.9 Å². The minimum atomic E-state index is -0.360. The molecule has 4 rings (SSSR count). The summed E-state index contributed by atoms with van der Waals surface area (Å²) in [6.07, 6.45) is 6.40. The summed E-state index contributed by atoms with van der Waals surface area (Å²) in [7, 11) is 0. The number of rotatable bonds is 8. The Balaban J connectivity index is 1.53. The van der Waals surface area contributed by atoms with Crippen LogP contribution in [0.1, 0.15) is 48.4 Å². The van der Waals surface area contributed by atoms with Crippen LogP contribution in [0, 0.1) is 6.92 Å². The summed E-state index contributed by atoms with van der Waals surface area (Å²) < 4.78 is 3.31. The second-order valence-corrected chi connectivity index (χ2v) is 8.97. The number of hydrogen-bond donors (Lipinski definition) is 2. The van der Waals surface area contributed by atoms with Gasteiger partial charge in [-0.15, -0.1) is 0 Å². The molecule has 0 spiro atoms. The molecule has 2 N–H and O–H groups in total. The maximum absolute atomic E-state index is 13.5. The van der Waals surface area contributed by atoms with Gasteiger partial charge in [0.15, 0.2) is 0 Å². The minimum absolute atomic E-state index is 0.0396. The number of amides is 1. The molecule has 1 saturated heterocycles. The number of hydrogen-bond acceptors (Lipinski definition) is 4. The van der Waals surface area contributed by atoms with Crippen LogP contribution in [0.15, 0.2) is 48.5 Å². The summed E-state index contributed by atoms with van der Waals surface area (Å²) in [6, 6.07) is 16.9. The zero-order chi connectivity index (χ0) is 20.3. The Bertz CT molecular complexity index is 844. The van der Waals surface area contributed by atoms with Crippen molar-refractivity contribution in [3.8, 4) is 0 Å². The lowest BCUT2D eigenvalue weighted by Crippen LogP contribution is -2.41. The van der Waals surface area contributed by atoms with E-state index in [2.05, 4.69) is 64.3 Å². The lowest BCUT2D eigenvalue weighted by Gasteiger charge is -2.27. The van der Waals surface area contributed by atoms with Gasteiger partial charge in [0.1, 0.15) is 0 Å². The first-order valence-corrected chi connectivity index (χ1v) is 11.8. The number of likely N-dealkylation sites (tertiary alicyclic amines) is 1. The molecule has 2 aromatic carbocycles. The molecule has 0 unspecified atom stereocenters. The molecular weight excluding hydrogens is 378 g/mol. The van der Waals surface area contributed by atoms with Crippen LogP contribution in [0.3, 0.4) is 0 Å². The Hall–Kier alpha value is -1.98. The molecule has 2 aliphatic rings. The van der Waals surface area contributed by atoms with E-state index in [1.807, 2.05) is 12.3 Å². The molecule has 2 fully saturated rings. The largest absolute Gasteiger partial charge is 0.347 e. The zero-order valence-corrected chi connectivity index (χ0v) is 18.2. The molecule has 1 aliphatic carbocycles. The average molecular weight is 410 g/mol. The Morgan fingerprint density at radius 3 is 2.48 bits per heavy atom. The number of carbonyl (C=O) groups excluding carboxylic acids is 1. The first kappa shape index (κ1) is 20.3. The Morgan fingerprint density at radius 1 is 1.14 bits per heavy atom. The van der Waals surface area contributed by atoms with Gasteiger partial charge in [-0.1, -0.05) is 54.4 Å². The average Bonchev–Trinajstić information content (AvgIpc) is 3.40. The molecule has 0 radical (unpaired) electrons. The van der Waals surface area contributed by atoms with E-state index in [4.69, 9.17) is 0 Å². The fourth-order valence-electron chi connectivity index (χ4n) is 4.40. The van der Waals surface area contributed by atoms with E-state index < -0.39 is 0 Å². The van der Waals surface area contributed by atoms with E-state index in [1.165, 1.54) is 24.0 Å². The van der Waals surface area contributed by atoms with Crippen molar-refractivity contribution in [3.05, 3.63) is 65.2 Å². The Morgan fingerprint density at radius 2 is 1.86 bits per heavy atom. The standard InChI is InChI=1S/C24H31N3OS/c1-18-16-20(10-11-21(18)26-29-2)24(12-13-24)23(28)25-22(17-27-14-6-7-15-27)19-8-4-3-5-9-19/h3-5,8-11,16,22,26H,6-7,12-15,17H2,1-2H3,(H,25,28)/t22-/m1/s1. The molecule has 2 aromatic rings. The molecule has 1 amide bonds. The lowest BCUT2D eigenvalue weighted by atomic mass is 9.92. The molecule has 154 valence electrons. The molecule has 4 nitrogen and oxygen atoms in total. The summed E-state index contributed by atoms with van der Waals surface area (Å²) in [5.41, 5.74) is 4.29. The van der Waals surface area contributed by atoms with Crippen molar-refractivity contribution in [2.75, 3.05) is 30.6 Å². The van der Waals surface area contributed by atoms with Gasteiger partial charge in [0.25, 0.3) is 0 Å². The van der Waals surface area contributed by atoms with E-state index in [1.54, 1.807) is 11.9 Å². The third kappa shape index (κ3) is 4.46. The van der Waals surface area contributed by atoms with Crippen LogP contribution in [0.2, 0.25) is 0 Å². The van der Waals surface area contributed by atoms with Crippen molar-refractivity contribution in [1.29, 1.82) is 0 Å². The monoisotopic (exact) mass is 409 g/mol. The normalized spacial score (nSPS) is 19.0. The van der Waals surface area contributed by atoms with Crippen molar-refractivity contribution in [2.24, 2.45) is 0 Å². The van der Waals surface area contributed by atoms with Crippen LogP contribution in [0.4, 0.5) is 5.69 Å². The quantitative estimate of drug-likeness (QED) is 0.622. The molecular formula is C24H31N3OS. The highest BCUT2D eigenvalue weighted by atomic mass is 32.2. The molecule has 29 heavy (non-hydrogen) atoms. The summed E-state index contributed by atoms with van der Waals surface area (Å²) in [5.74, 6) is 0.176. The summed E-state index contributed by atoms with van der Waals surface area (Å²) >= 11 is 1.59. The van der Waals surface area contributed by atoms with Gasteiger partial charge in [0, 0.05) is 18.5 Å². The first-order chi connectivity index (χ1) is 14.1. The highest BCUT2D eigenvalue weighted by molar-refractivity contribution is 7.99. The fraction of sp³-hybridized carbons (Fsp3) is 0.458. The predicted octanol–water partition coefficient (Wildman–Crippen LogP) is 4.67. The first-order valence-electron chi connectivity index (χ1n) is 10.6. The van der Waals surface area contributed by atoms with Crippen LogP contribution in [0.5, 0.6) is 0 Å². The van der Waals surface area contributed by atoms with Crippen LogP contribution in [-0.4, -0.2) is 36.7 Å². The zero-order valence-electron chi connectivity index (χ0n) is 17.4. The molecule has 1 saturated carbocycles. The van der Waals surface area contributed by atoms with Crippen LogP contribution in [-0.2, 0) is 10.2 Å². The van der Waals surface area contributed by atoms with Crippen LogP contribution >= 0.6 is 11.9 Å². The van der Waals surface area contributed by atoms with Gasteiger partial charge >= 0.3 is 0 Å². The van der Waals surface area contributed by atoms with Crippen LogP contribution in [0.25, 0.3) is 0 Å². The summed E-state index contributed by atoms with van der Waals surface area (Å²) in [5, 5.41) is 3.42. The third-order valence-electron chi connectivity index (χ3n) is 6.32. The molecule has 1 atom stereocenters. The lowest BCUT2D eigenvalue weighted by molar-refractivity contribution is -0.124. The van der Waals surface area contributed by atoms with Crippen LogP contribution < -0.4 is 10.0 Å². The van der Waals surface area contributed by atoms with Gasteiger partial charge in [-0.05, 0) is 68.5 Å². The van der Waals surface area contributed by atoms with Gasteiger partial charge in [-0.3, -0.25) is 4.79 Å². The van der Waals surface area contributed by atoms with E-state index in [-0.39, 0.29) is 17.4 Å². The highest BCUT2D eigenvalue weighted by Crippen LogP contribution is 2.49. The van der Waals surface area contributed by atoms with Gasteiger partial charge in [0.05, 0.1) is 11.5 Å². The summed E-state index contributed by atoms with van der Waals surface area (Å²) in [6.45, 7) is 5.26. The number of aryl methyl sites for hydroxylation is 1. The van der Waals surface area contributed by atoms with Crippen molar-refractivity contribution >= 4 is 23.5 Å². The molecule has 0 aromatic heterocycles. The van der Waals surface area contributed by atoms with Gasteiger partial charge in [-0.2, -0.15) is 0 Å². The summed E-state index contributed by atoms with van der Waals surface area (Å²) in [4.78, 5) is 15.9. The van der Waals surface area contributed by atoms with Crippen molar-refractivity contribution < 1.29 is 4.79 Å². The molecule has 0 bridgehead atoms. The van der Waals surface area contributed by atoms with Gasteiger partial charge in [-0.25, -0.2) is 0 Å². The molecule has 1 aliphatic heterocycles. The van der Waals surface area contributed by atoms with E-state index in [9.17, 15) is 4.79 Å². The smallest absolute Gasteiger partial charge is 0.231 e. The third-order valence-corrected chi connectivity index (χ3v) is 6.75. The molecule has 5 heteroatoms. The van der Waals surface area contributed by atoms with Crippen molar-refractivity contribution in [1.82, 2.24) is 10.2 Å². The molecule has 1 heterocycles. The minimum Gasteiger partial charge on any atom is -0.347 e. The van der Waals surface area contributed by atoms with E-state index >= 15 is 0 Å². The fourth-order valence-corrected chi connectivity index (χ4v) is 4.85. The number of nitrogens with zero attached hydrogens (tertiary/aromatic N) is 1. The number of nitrogens with one attached hydrogen (secondary N) is 2. The Kier molecular flexibility index (Phi) is 6.16. The number of anilines is 1. The second kappa shape index (κ2) is 8.80. The number of carbonyl (C=O) groups is 1. The van der Waals surface area contributed by atoms with Gasteiger partial charge in [0.2, 0.25) is 5.91 Å². The second-order valence-electron chi connectivity index (χ2n) is 8.36. The maximum Gasteiger partial charge on any atom is 0.231 e. The highest BCUT2D eigenvalue weighted by Gasteiger charge is 2.51.